The SMILES string of the molecule is Cc1c[nH]c2cc(F)c(CNC(=O)c3ccnc(Cc4ccc(CN)cc4)c3)cc12. The number of nitrogens with zero attached hydrogens (tertiary/aromatic N) is 1. The molecule has 0 fully saturated rings. The van der Waals surface area contributed by atoms with Gasteiger partial charge in [0.1, 0.15) is 5.82 Å². The number of halogens is 1. The van der Waals surface area contributed by atoms with Crippen molar-refractivity contribution >= 4 is 16.8 Å². The van der Waals surface area contributed by atoms with E-state index in [1.807, 2.05) is 37.4 Å². The van der Waals surface area contributed by atoms with E-state index in [1.54, 1.807) is 24.4 Å². The molecule has 0 aliphatic rings. The summed E-state index contributed by atoms with van der Waals surface area (Å²) in [5.41, 5.74) is 11.3. The third-order valence-corrected chi connectivity index (χ3v) is 5.22. The van der Waals surface area contributed by atoms with Crippen LogP contribution in [0.4, 0.5) is 4.39 Å². The predicted octanol–water partition coefficient (Wildman–Crippen LogP) is 3.99. The summed E-state index contributed by atoms with van der Waals surface area (Å²) < 4.78 is 14.4. The Balaban J connectivity index is 1.45. The molecule has 4 aromatic rings. The van der Waals surface area contributed by atoms with Crippen molar-refractivity contribution < 1.29 is 9.18 Å². The molecule has 0 saturated heterocycles. The van der Waals surface area contributed by atoms with Gasteiger partial charge in [0.15, 0.2) is 0 Å². The first-order valence-electron chi connectivity index (χ1n) is 9.80. The van der Waals surface area contributed by atoms with E-state index in [4.69, 9.17) is 5.73 Å². The molecule has 30 heavy (non-hydrogen) atoms. The number of hydrogen-bond donors (Lipinski definition) is 3. The van der Waals surface area contributed by atoms with E-state index < -0.39 is 0 Å². The first-order valence-corrected chi connectivity index (χ1v) is 9.80. The number of nitrogens with two attached hydrogens (primary N) is 1. The van der Waals surface area contributed by atoms with Crippen molar-refractivity contribution in [3.05, 3.63) is 100 Å². The molecule has 0 aliphatic heterocycles. The Bertz CT molecular complexity index is 1200. The van der Waals surface area contributed by atoms with Crippen LogP contribution in [0, 0.1) is 12.7 Å². The minimum absolute atomic E-state index is 0.115. The Morgan fingerprint density at radius 2 is 1.90 bits per heavy atom. The van der Waals surface area contributed by atoms with E-state index in [9.17, 15) is 9.18 Å². The van der Waals surface area contributed by atoms with Crippen molar-refractivity contribution in [2.24, 2.45) is 5.73 Å². The van der Waals surface area contributed by atoms with Crippen LogP contribution in [0.5, 0.6) is 0 Å². The van der Waals surface area contributed by atoms with Gasteiger partial charge < -0.3 is 16.0 Å². The lowest BCUT2D eigenvalue weighted by atomic mass is 10.1. The summed E-state index contributed by atoms with van der Waals surface area (Å²) in [4.78, 5) is 20.0. The van der Waals surface area contributed by atoms with Gasteiger partial charge in [-0.2, -0.15) is 0 Å². The first-order chi connectivity index (χ1) is 14.5. The van der Waals surface area contributed by atoms with Crippen molar-refractivity contribution in [2.45, 2.75) is 26.4 Å². The zero-order chi connectivity index (χ0) is 21.1. The monoisotopic (exact) mass is 402 g/mol. The van der Waals surface area contributed by atoms with Crippen LogP contribution in [0.25, 0.3) is 10.9 Å². The van der Waals surface area contributed by atoms with Gasteiger partial charge in [0.25, 0.3) is 5.91 Å². The van der Waals surface area contributed by atoms with Gasteiger partial charge in [-0.05, 0) is 47.9 Å². The predicted molar refractivity (Wildman–Crippen MR) is 116 cm³/mol. The number of carbonyl (C=O) groups excluding carboxylic acids is 1. The van der Waals surface area contributed by atoms with Gasteiger partial charge in [0, 0.05) is 59.6 Å². The molecule has 6 heteroatoms. The number of pyridine rings is 1. The summed E-state index contributed by atoms with van der Waals surface area (Å²) in [5, 5.41) is 3.76. The number of carbonyl (C=O) groups is 1. The average Bonchev–Trinajstić information content (AvgIpc) is 3.12. The second-order valence-electron chi connectivity index (χ2n) is 7.38. The number of hydrogen-bond acceptors (Lipinski definition) is 3. The number of amides is 1. The lowest BCUT2D eigenvalue weighted by Crippen LogP contribution is -2.23. The molecule has 0 bridgehead atoms. The summed E-state index contributed by atoms with van der Waals surface area (Å²) in [6.07, 6.45) is 4.08. The molecule has 4 rings (SSSR count). The largest absolute Gasteiger partial charge is 0.361 e. The molecule has 0 atom stereocenters. The Morgan fingerprint density at radius 1 is 1.13 bits per heavy atom. The summed E-state index contributed by atoms with van der Waals surface area (Å²) >= 11 is 0. The lowest BCUT2D eigenvalue weighted by molar-refractivity contribution is 0.0950. The van der Waals surface area contributed by atoms with Crippen LogP contribution in [0.2, 0.25) is 0 Å². The minimum atomic E-state index is -0.346. The molecular weight excluding hydrogens is 379 g/mol. The van der Waals surface area contributed by atoms with Crippen LogP contribution in [-0.4, -0.2) is 15.9 Å². The van der Waals surface area contributed by atoms with E-state index in [0.29, 0.717) is 24.1 Å². The Hall–Kier alpha value is -3.51. The summed E-state index contributed by atoms with van der Waals surface area (Å²) in [7, 11) is 0. The molecule has 0 saturated carbocycles. The van der Waals surface area contributed by atoms with E-state index in [1.165, 1.54) is 6.07 Å². The summed E-state index contributed by atoms with van der Waals surface area (Å²) in [6, 6.07) is 14.7. The van der Waals surface area contributed by atoms with Gasteiger partial charge in [-0.15, -0.1) is 0 Å². The number of benzene rings is 2. The number of aromatic amines is 1. The highest BCUT2D eigenvalue weighted by Crippen LogP contribution is 2.21. The van der Waals surface area contributed by atoms with Crippen LogP contribution in [0.15, 0.2) is 60.9 Å². The van der Waals surface area contributed by atoms with Gasteiger partial charge in [-0.25, -0.2) is 4.39 Å². The van der Waals surface area contributed by atoms with Gasteiger partial charge in [-0.1, -0.05) is 24.3 Å². The number of nitrogens with one attached hydrogen (secondary N) is 2. The molecule has 0 aliphatic carbocycles. The molecule has 5 nitrogen and oxygen atoms in total. The second kappa shape index (κ2) is 8.47. The number of fused-ring (bicyclic) bond motifs is 1. The fraction of sp³-hybridized carbons (Fsp3) is 0.167. The van der Waals surface area contributed by atoms with Crippen LogP contribution < -0.4 is 11.1 Å². The number of rotatable bonds is 6. The molecule has 0 radical (unpaired) electrons. The highest BCUT2D eigenvalue weighted by molar-refractivity contribution is 5.94. The van der Waals surface area contributed by atoms with Gasteiger partial charge >= 0.3 is 0 Å². The van der Waals surface area contributed by atoms with Crippen molar-refractivity contribution in [1.82, 2.24) is 15.3 Å². The Kier molecular flexibility index (Phi) is 5.59. The molecule has 4 N–H and O–H groups in total. The molecule has 2 aromatic carbocycles. The molecule has 0 spiro atoms. The third kappa shape index (κ3) is 4.23. The maximum Gasteiger partial charge on any atom is 0.251 e. The first kappa shape index (κ1) is 19.8. The topological polar surface area (TPSA) is 83.8 Å². The van der Waals surface area contributed by atoms with Crippen molar-refractivity contribution in [3.8, 4) is 0 Å². The average molecular weight is 402 g/mol. The maximum atomic E-state index is 14.4. The number of aromatic nitrogens is 2. The zero-order valence-electron chi connectivity index (χ0n) is 16.7. The fourth-order valence-electron chi connectivity index (χ4n) is 3.46. The van der Waals surface area contributed by atoms with Crippen LogP contribution >= 0.6 is 0 Å². The Labute approximate surface area is 174 Å². The summed E-state index contributed by atoms with van der Waals surface area (Å²) in [5.74, 6) is -0.608. The van der Waals surface area contributed by atoms with Crippen LogP contribution in [0.3, 0.4) is 0 Å². The molecular formula is C24H23FN4O. The Morgan fingerprint density at radius 3 is 2.67 bits per heavy atom. The maximum absolute atomic E-state index is 14.4. The second-order valence-corrected chi connectivity index (χ2v) is 7.38. The quantitative estimate of drug-likeness (QED) is 0.456. The van der Waals surface area contributed by atoms with Gasteiger partial charge in [-0.3, -0.25) is 9.78 Å². The highest BCUT2D eigenvalue weighted by Gasteiger charge is 2.11. The smallest absolute Gasteiger partial charge is 0.251 e. The van der Waals surface area contributed by atoms with E-state index in [-0.39, 0.29) is 18.3 Å². The van der Waals surface area contributed by atoms with Crippen molar-refractivity contribution in [1.29, 1.82) is 0 Å². The normalized spacial score (nSPS) is 11.0. The lowest BCUT2D eigenvalue weighted by Gasteiger charge is -2.09. The van der Waals surface area contributed by atoms with Crippen LogP contribution in [-0.2, 0) is 19.5 Å². The zero-order valence-corrected chi connectivity index (χ0v) is 16.7. The molecule has 1 amide bonds. The fourth-order valence-corrected chi connectivity index (χ4v) is 3.46. The highest BCUT2D eigenvalue weighted by atomic mass is 19.1. The van der Waals surface area contributed by atoms with Gasteiger partial charge in [0.05, 0.1) is 0 Å². The summed E-state index contributed by atoms with van der Waals surface area (Å²) in [6.45, 7) is 2.58. The van der Waals surface area contributed by atoms with E-state index in [0.717, 1.165) is 33.3 Å². The number of aryl methyl sites for hydroxylation is 1. The van der Waals surface area contributed by atoms with E-state index in [2.05, 4.69) is 15.3 Å². The van der Waals surface area contributed by atoms with Crippen molar-refractivity contribution in [3.63, 3.8) is 0 Å². The molecule has 2 heterocycles. The number of H-pyrrole nitrogens is 1. The molecule has 152 valence electrons. The molecule has 0 unspecified atom stereocenters. The molecule has 2 aromatic heterocycles. The minimum Gasteiger partial charge on any atom is -0.361 e. The van der Waals surface area contributed by atoms with Crippen LogP contribution in [0.1, 0.15) is 38.3 Å². The third-order valence-electron chi connectivity index (χ3n) is 5.22. The van der Waals surface area contributed by atoms with Gasteiger partial charge in [0.2, 0.25) is 0 Å². The standard InChI is InChI=1S/C24H23FN4O/c1-15-13-28-23-11-22(25)19(10-21(15)23)14-29-24(30)18-6-7-27-20(9-18)8-16-2-4-17(12-26)5-3-16/h2-7,9-11,13,28H,8,12,14,26H2,1H3,(H,29,30). The van der Waals surface area contributed by atoms with E-state index >= 15 is 0 Å². The van der Waals surface area contributed by atoms with Crippen molar-refractivity contribution in [2.75, 3.05) is 0 Å².